The van der Waals surface area contributed by atoms with Crippen molar-refractivity contribution in [2.45, 2.75) is 116 Å². The summed E-state index contributed by atoms with van der Waals surface area (Å²) in [6.07, 6.45) is 5.96. The van der Waals surface area contributed by atoms with Crippen LogP contribution in [0.5, 0.6) is 0 Å². The van der Waals surface area contributed by atoms with Gasteiger partial charge in [-0.1, -0.05) is 70.2 Å². The fraction of sp³-hybridized carbons (Fsp3) is 1.00. The Hall–Kier alpha value is 0.350. The molecule has 2 heterocycles. The number of rotatable bonds is 4. The van der Waals surface area contributed by atoms with E-state index in [4.69, 9.17) is 9.47 Å². The van der Waals surface area contributed by atoms with E-state index in [-0.39, 0.29) is 13.7 Å². The molecule has 0 saturated carbocycles. The molecule has 2 saturated heterocycles. The highest BCUT2D eigenvalue weighted by atomic mass is 31.1. The average Bonchev–Trinajstić information content (AvgIpc) is 2.61. The van der Waals surface area contributed by atoms with Gasteiger partial charge in [0.05, 0.1) is 13.2 Å². The van der Waals surface area contributed by atoms with Crippen LogP contribution in [0.25, 0.3) is 0 Å². The summed E-state index contributed by atoms with van der Waals surface area (Å²) in [5, 5.41) is 0.985. The second-order valence-electron chi connectivity index (χ2n) is 9.34. The minimum absolute atomic E-state index is 0.198. The number of ether oxygens (including phenoxy) is 2. The molecule has 2 unspecified atom stereocenters. The Morgan fingerprint density at radius 1 is 0.800 bits per heavy atom. The van der Waals surface area contributed by atoms with Gasteiger partial charge in [-0.3, -0.25) is 0 Å². The average molecular weight is 371 g/mol. The lowest BCUT2D eigenvalue weighted by molar-refractivity contribution is -0.329. The fourth-order valence-electron chi connectivity index (χ4n) is 6.71. The van der Waals surface area contributed by atoms with E-state index in [0.29, 0.717) is 27.3 Å². The lowest BCUT2D eigenvalue weighted by atomic mass is 9.70. The van der Waals surface area contributed by atoms with Crippen LogP contribution in [-0.4, -0.2) is 34.5 Å². The molecule has 0 aromatic rings. The molecule has 0 bridgehead atoms. The van der Waals surface area contributed by atoms with Gasteiger partial charge in [-0.25, -0.2) is 0 Å². The molecule has 25 heavy (non-hydrogen) atoms. The van der Waals surface area contributed by atoms with E-state index in [2.05, 4.69) is 62.3 Å². The zero-order valence-corrected chi connectivity index (χ0v) is 19.3. The van der Waals surface area contributed by atoms with E-state index in [1.54, 1.807) is 0 Å². The Balaban J connectivity index is 2.75. The van der Waals surface area contributed by atoms with Crippen LogP contribution in [0, 0.1) is 11.8 Å². The Morgan fingerprint density at radius 2 is 1.16 bits per heavy atom. The molecule has 0 amide bonds. The first-order valence-electron chi connectivity index (χ1n) is 10.7. The summed E-state index contributed by atoms with van der Waals surface area (Å²) in [5.41, 5.74) is 0. The normalized spacial score (nSPS) is 34.2. The Morgan fingerprint density at radius 3 is 1.44 bits per heavy atom. The Bertz CT molecular complexity index is 411. The third kappa shape index (κ3) is 2.94. The maximum atomic E-state index is 6.60. The van der Waals surface area contributed by atoms with Crippen molar-refractivity contribution in [3.05, 3.63) is 0 Å². The monoisotopic (exact) mass is 370 g/mol. The zero-order valence-electron chi connectivity index (χ0n) is 18.4. The molecular formula is C22H43O2P. The van der Waals surface area contributed by atoms with Crippen molar-refractivity contribution in [1.82, 2.24) is 0 Å². The minimum Gasteiger partial charge on any atom is -0.349 e. The zero-order chi connectivity index (χ0) is 19.1. The van der Waals surface area contributed by atoms with Crippen LogP contribution in [0.2, 0.25) is 0 Å². The van der Waals surface area contributed by atoms with Gasteiger partial charge in [0.15, 0.2) is 5.79 Å². The van der Waals surface area contributed by atoms with Crippen molar-refractivity contribution >= 4 is 7.92 Å². The van der Waals surface area contributed by atoms with E-state index in [1.807, 2.05) is 0 Å². The molecule has 0 aromatic heterocycles. The van der Waals surface area contributed by atoms with Crippen molar-refractivity contribution in [2.75, 3.05) is 13.2 Å². The molecule has 2 aliphatic rings. The standard InChI is InChI=1S/C22H43O2P/c1-10-20(11-2)17(5)22(23-15-14-16-24-22)18(6)21(12-3,13-4)25(20)19(7,8)9/h17-18H,10-16H2,1-9H3. The lowest BCUT2D eigenvalue weighted by Gasteiger charge is -2.70. The molecule has 0 radical (unpaired) electrons. The highest BCUT2D eigenvalue weighted by Gasteiger charge is 2.69. The number of hydrogen-bond donors (Lipinski definition) is 0. The molecule has 0 aliphatic carbocycles. The molecule has 1 spiro atoms. The topological polar surface area (TPSA) is 18.5 Å². The van der Waals surface area contributed by atoms with E-state index in [0.717, 1.165) is 19.6 Å². The third-order valence-electron chi connectivity index (χ3n) is 7.77. The highest BCUT2D eigenvalue weighted by Crippen LogP contribution is 2.80. The van der Waals surface area contributed by atoms with E-state index >= 15 is 0 Å². The molecule has 2 fully saturated rings. The van der Waals surface area contributed by atoms with Crippen LogP contribution < -0.4 is 0 Å². The van der Waals surface area contributed by atoms with Crippen LogP contribution in [-0.2, 0) is 9.47 Å². The summed E-state index contributed by atoms with van der Waals surface area (Å²) in [6.45, 7) is 23.8. The lowest BCUT2D eigenvalue weighted by Crippen LogP contribution is -2.69. The maximum absolute atomic E-state index is 6.60. The van der Waals surface area contributed by atoms with Gasteiger partial charge in [0.25, 0.3) is 0 Å². The Kier molecular flexibility index (Phi) is 6.41. The van der Waals surface area contributed by atoms with Crippen molar-refractivity contribution in [1.29, 1.82) is 0 Å². The molecule has 2 rings (SSSR count). The minimum atomic E-state index is -0.389. The summed E-state index contributed by atoms with van der Waals surface area (Å²) in [4.78, 5) is 0. The van der Waals surface area contributed by atoms with Gasteiger partial charge >= 0.3 is 0 Å². The van der Waals surface area contributed by atoms with E-state index in [1.165, 1.54) is 25.7 Å². The molecular weight excluding hydrogens is 327 g/mol. The second kappa shape index (κ2) is 7.40. The Labute approximate surface area is 158 Å². The summed E-state index contributed by atoms with van der Waals surface area (Å²) in [6, 6.07) is 0. The van der Waals surface area contributed by atoms with Gasteiger partial charge in [0.2, 0.25) is 0 Å². The quantitative estimate of drug-likeness (QED) is 0.506. The maximum Gasteiger partial charge on any atom is 0.175 e. The summed E-state index contributed by atoms with van der Waals surface area (Å²) < 4.78 is 13.2. The van der Waals surface area contributed by atoms with Gasteiger partial charge in [0, 0.05) is 11.8 Å². The first kappa shape index (κ1) is 21.6. The first-order valence-corrected chi connectivity index (χ1v) is 12.1. The third-order valence-corrected chi connectivity index (χ3v) is 12.9. The van der Waals surface area contributed by atoms with Crippen molar-refractivity contribution in [3.63, 3.8) is 0 Å². The van der Waals surface area contributed by atoms with Gasteiger partial charge in [-0.2, -0.15) is 0 Å². The van der Waals surface area contributed by atoms with Crippen LogP contribution in [0.15, 0.2) is 0 Å². The predicted molar refractivity (Wildman–Crippen MR) is 111 cm³/mol. The predicted octanol–water partition coefficient (Wildman–Crippen LogP) is 6.80. The van der Waals surface area contributed by atoms with Crippen LogP contribution in [0.1, 0.15) is 94.4 Å². The van der Waals surface area contributed by atoms with Gasteiger partial charge in [0.1, 0.15) is 0 Å². The first-order chi connectivity index (χ1) is 11.6. The largest absolute Gasteiger partial charge is 0.349 e. The summed E-state index contributed by atoms with van der Waals surface area (Å²) in [7, 11) is -0.198. The van der Waals surface area contributed by atoms with Crippen LogP contribution >= 0.6 is 7.92 Å². The van der Waals surface area contributed by atoms with E-state index < -0.39 is 0 Å². The number of hydrogen-bond acceptors (Lipinski definition) is 2. The molecule has 2 nitrogen and oxygen atoms in total. The second-order valence-corrected chi connectivity index (χ2v) is 13.1. The summed E-state index contributed by atoms with van der Waals surface area (Å²) >= 11 is 0. The van der Waals surface area contributed by atoms with Crippen LogP contribution in [0.4, 0.5) is 0 Å². The molecule has 3 heteroatoms. The molecule has 0 N–H and O–H groups in total. The molecule has 2 aliphatic heterocycles. The fourth-order valence-corrected chi connectivity index (χ4v) is 12.7. The molecule has 0 aromatic carbocycles. The SMILES string of the molecule is CCC1(CC)C(C)C2(OCCCO2)C(C)C(CC)(CC)P1C(C)(C)C. The molecule has 2 atom stereocenters. The summed E-state index contributed by atoms with van der Waals surface area (Å²) in [5.74, 6) is 0.504. The highest BCUT2D eigenvalue weighted by molar-refractivity contribution is 7.62. The van der Waals surface area contributed by atoms with Crippen molar-refractivity contribution in [3.8, 4) is 0 Å². The van der Waals surface area contributed by atoms with Crippen molar-refractivity contribution < 1.29 is 9.47 Å². The van der Waals surface area contributed by atoms with Gasteiger partial charge in [-0.15, -0.1) is 0 Å². The molecule has 148 valence electrons. The van der Waals surface area contributed by atoms with E-state index in [9.17, 15) is 0 Å². The smallest absolute Gasteiger partial charge is 0.175 e. The van der Waals surface area contributed by atoms with Crippen molar-refractivity contribution in [2.24, 2.45) is 11.8 Å². The van der Waals surface area contributed by atoms with Gasteiger partial charge < -0.3 is 9.47 Å². The van der Waals surface area contributed by atoms with Crippen LogP contribution in [0.3, 0.4) is 0 Å². The van der Waals surface area contributed by atoms with Gasteiger partial charge in [-0.05, 0) is 47.6 Å².